The smallest absolute Gasteiger partial charge is 0.221 e. The molecule has 0 atom stereocenters. The number of hydrogen-bond donors (Lipinski definition) is 1. The van der Waals surface area contributed by atoms with Crippen molar-refractivity contribution >= 4 is 49.6 Å². The van der Waals surface area contributed by atoms with Crippen LogP contribution in [0.15, 0.2) is 47.3 Å². The lowest BCUT2D eigenvalue weighted by molar-refractivity contribution is -0.114. The highest BCUT2D eigenvalue weighted by Crippen LogP contribution is 2.40. The molecule has 2 aromatic rings. The SMILES string of the molecule is CC(=O)Nc1c2sc3cc(N(CCC#N)CCC#N)ccc3nc-2c2ccccc2c1=O. The fourth-order valence-electron chi connectivity index (χ4n) is 3.71. The van der Waals surface area contributed by atoms with E-state index in [1.54, 1.807) is 12.1 Å². The zero-order valence-corrected chi connectivity index (χ0v) is 18.2. The van der Waals surface area contributed by atoms with Gasteiger partial charge in [0.15, 0.2) is 0 Å². The maximum Gasteiger partial charge on any atom is 0.221 e. The minimum absolute atomic E-state index is 0.235. The van der Waals surface area contributed by atoms with Crippen LogP contribution in [-0.2, 0) is 4.79 Å². The number of fused-ring (bicyclic) bond motifs is 4. The highest BCUT2D eigenvalue weighted by molar-refractivity contribution is 7.22. The summed E-state index contributed by atoms with van der Waals surface area (Å²) in [4.78, 5) is 32.4. The van der Waals surface area contributed by atoms with Crippen molar-refractivity contribution in [3.63, 3.8) is 0 Å². The lowest BCUT2D eigenvalue weighted by atomic mass is 10.0. The van der Waals surface area contributed by atoms with Gasteiger partial charge in [0.2, 0.25) is 11.3 Å². The Balaban J connectivity index is 1.95. The molecule has 0 fully saturated rings. The Bertz CT molecular complexity index is 1430. The number of nitrogens with one attached hydrogen (secondary N) is 1. The summed E-state index contributed by atoms with van der Waals surface area (Å²) in [6.07, 6.45) is 0.697. The molecule has 2 aliphatic rings. The van der Waals surface area contributed by atoms with Gasteiger partial charge in [0.05, 0.1) is 45.8 Å². The van der Waals surface area contributed by atoms with Gasteiger partial charge in [-0.05, 0) is 18.2 Å². The molecule has 0 saturated carbocycles. The number of aromatic nitrogens is 1. The van der Waals surface area contributed by atoms with Crippen LogP contribution >= 0.6 is 11.3 Å². The van der Waals surface area contributed by atoms with E-state index in [0.717, 1.165) is 21.3 Å². The molecule has 0 spiro atoms. The molecule has 4 rings (SSSR count). The van der Waals surface area contributed by atoms with Crippen molar-refractivity contribution in [2.75, 3.05) is 23.3 Å². The second-order valence-corrected chi connectivity index (χ2v) is 8.33. The van der Waals surface area contributed by atoms with Crippen molar-refractivity contribution in [3.05, 3.63) is 52.7 Å². The van der Waals surface area contributed by atoms with Gasteiger partial charge in [-0.15, -0.1) is 11.3 Å². The van der Waals surface area contributed by atoms with Crippen LogP contribution in [0.3, 0.4) is 0 Å². The maximum absolute atomic E-state index is 13.1. The first-order valence-electron chi connectivity index (χ1n) is 10.1. The number of nitrogens with zero attached hydrogens (tertiary/aromatic N) is 4. The van der Waals surface area contributed by atoms with Crippen molar-refractivity contribution < 1.29 is 4.79 Å². The number of nitriles is 2. The fraction of sp³-hybridized carbons (Fsp3) is 0.208. The van der Waals surface area contributed by atoms with Gasteiger partial charge in [-0.25, -0.2) is 4.98 Å². The summed E-state index contributed by atoms with van der Waals surface area (Å²) >= 11 is 1.39. The molecule has 0 saturated heterocycles. The molecule has 1 aliphatic carbocycles. The van der Waals surface area contributed by atoms with Crippen molar-refractivity contribution in [3.8, 4) is 22.7 Å². The minimum atomic E-state index is -0.320. The van der Waals surface area contributed by atoms with Gasteiger partial charge in [-0.1, -0.05) is 24.3 Å². The monoisotopic (exact) mass is 441 g/mol. The first kappa shape index (κ1) is 21.2. The number of carbonyl (C=O) groups is 1. The Morgan fingerprint density at radius 2 is 1.78 bits per heavy atom. The molecule has 2 aromatic carbocycles. The van der Waals surface area contributed by atoms with Gasteiger partial charge in [-0.3, -0.25) is 9.59 Å². The molecule has 0 radical (unpaired) electrons. The summed E-state index contributed by atoms with van der Waals surface area (Å²) in [6, 6.07) is 17.3. The Kier molecular flexibility index (Phi) is 5.98. The van der Waals surface area contributed by atoms with E-state index in [2.05, 4.69) is 17.5 Å². The van der Waals surface area contributed by atoms with Crippen LogP contribution < -0.4 is 15.6 Å². The van der Waals surface area contributed by atoms with Gasteiger partial charge in [-0.2, -0.15) is 10.5 Å². The van der Waals surface area contributed by atoms with Crippen LogP contribution in [0.5, 0.6) is 0 Å². The van der Waals surface area contributed by atoms with E-state index < -0.39 is 0 Å². The van der Waals surface area contributed by atoms with E-state index in [4.69, 9.17) is 15.5 Å². The zero-order chi connectivity index (χ0) is 22.7. The molecule has 0 unspecified atom stereocenters. The number of benzene rings is 3. The molecule has 0 bridgehead atoms. The maximum atomic E-state index is 13.1. The summed E-state index contributed by atoms with van der Waals surface area (Å²) < 4.78 is 0.843. The lowest BCUT2D eigenvalue weighted by Crippen LogP contribution is -2.25. The summed E-state index contributed by atoms with van der Waals surface area (Å²) in [5, 5.41) is 21.9. The molecule has 1 aliphatic heterocycles. The molecule has 8 heteroatoms. The van der Waals surface area contributed by atoms with E-state index in [1.165, 1.54) is 18.3 Å². The fourth-order valence-corrected chi connectivity index (χ4v) is 4.83. The van der Waals surface area contributed by atoms with Crippen LogP contribution in [-0.4, -0.2) is 24.0 Å². The van der Waals surface area contributed by atoms with Crippen molar-refractivity contribution in [1.29, 1.82) is 10.5 Å². The highest BCUT2D eigenvalue weighted by Gasteiger charge is 2.21. The first-order valence-corrected chi connectivity index (χ1v) is 10.9. The van der Waals surface area contributed by atoms with Gasteiger partial charge in [0.1, 0.15) is 5.69 Å². The van der Waals surface area contributed by atoms with Crippen molar-refractivity contribution in [1.82, 2.24) is 4.98 Å². The predicted molar refractivity (Wildman–Crippen MR) is 127 cm³/mol. The lowest BCUT2D eigenvalue weighted by Gasteiger charge is -2.23. The van der Waals surface area contributed by atoms with Crippen molar-refractivity contribution in [2.24, 2.45) is 0 Å². The van der Waals surface area contributed by atoms with Gasteiger partial charge in [0, 0.05) is 36.5 Å². The second-order valence-electron chi connectivity index (χ2n) is 7.28. The summed E-state index contributed by atoms with van der Waals surface area (Å²) in [5.74, 6) is -0.320. The third-order valence-corrected chi connectivity index (χ3v) is 6.29. The third-order valence-electron chi connectivity index (χ3n) is 5.14. The first-order chi connectivity index (χ1) is 15.5. The zero-order valence-electron chi connectivity index (χ0n) is 17.4. The minimum Gasteiger partial charge on any atom is -0.369 e. The Hall–Kier alpha value is -4.01. The van der Waals surface area contributed by atoms with E-state index in [-0.39, 0.29) is 17.0 Å². The van der Waals surface area contributed by atoms with Crippen LogP contribution in [0.2, 0.25) is 0 Å². The quantitative estimate of drug-likeness (QED) is 0.348. The number of hydrogen-bond acceptors (Lipinski definition) is 7. The number of anilines is 2. The van der Waals surface area contributed by atoms with Crippen LogP contribution in [0, 0.1) is 22.7 Å². The molecule has 1 amide bonds. The second kappa shape index (κ2) is 9.01. The predicted octanol–water partition coefficient (Wildman–Crippen LogP) is 4.51. The number of amides is 1. The van der Waals surface area contributed by atoms with Crippen LogP contribution in [0.1, 0.15) is 19.8 Å². The third kappa shape index (κ3) is 3.96. The molecular weight excluding hydrogens is 422 g/mol. The van der Waals surface area contributed by atoms with E-state index in [1.807, 2.05) is 35.2 Å². The molecule has 1 heterocycles. The Morgan fingerprint density at radius 3 is 2.44 bits per heavy atom. The largest absolute Gasteiger partial charge is 0.369 e. The topological polar surface area (TPSA) is 110 Å². The average molecular weight is 442 g/mol. The molecule has 32 heavy (non-hydrogen) atoms. The van der Waals surface area contributed by atoms with Gasteiger partial charge in [0.25, 0.3) is 0 Å². The normalized spacial score (nSPS) is 10.7. The summed E-state index contributed by atoms with van der Waals surface area (Å²) in [7, 11) is 0. The summed E-state index contributed by atoms with van der Waals surface area (Å²) in [6.45, 7) is 2.41. The Morgan fingerprint density at radius 1 is 1.09 bits per heavy atom. The van der Waals surface area contributed by atoms with E-state index in [0.29, 0.717) is 41.9 Å². The highest BCUT2D eigenvalue weighted by atomic mass is 32.1. The molecule has 158 valence electrons. The van der Waals surface area contributed by atoms with Crippen LogP contribution in [0.4, 0.5) is 11.4 Å². The Labute approximate surface area is 188 Å². The standard InChI is InChI=1S/C24H19N5O2S/c1-15(30)27-22-23(31)18-7-3-2-6-17(18)21-24(22)32-20-14-16(8-9-19(20)28-21)29(12-4-10-25)13-5-11-26/h2-3,6-9,14H,4-5,12-13H2,1H3,(H,27,30). The van der Waals surface area contributed by atoms with Gasteiger partial charge >= 0.3 is 0 Å². The van der Waals surface area contributed by atoms with Gasteiger partial charge < -0.3 is 10.2 Å². The van der Waals surface area contributed by atoms with Crippen LogP contribution in [0.25, 0.3) is 31.6 Å². The average Bonchev–Trinajstić information content (AvgIpc) is 2.80. The summed E-state index contributed by atoms with van der Waals surface area (Å²) in [5.41, 5.74) is 2.32. The molecular formula is C24H19N5O2S. The van der Waals surface area contributed by atoms with E-state index >= 15 is 0 Å². The molecule has 0 aromatic heterocycles. The molecule has 7 nitrogen and oxygen atoms in total. The van der Waals surface area contributed by atoms with E-state index in [9.17, 15) is 9.59 Å². The number of carbonyl (C=O) groups excluding carboxylic acids is 1. The molecule has 1 N–H and O–H groups in total. The number of rotatable bonds is 6. The van der Waals surface area contributed by atoms with Crippen molar-refractivity contribution in [2.45, 2.75) is 19.8 Å².